The van der Waals surface area contributed by atoms with E-state index >= 15 is 0 Å². The van der Waals surface area contributed by atoms with Gasteiger partial charge in [0.05, 0.1) is 12.6 Å². The third-order valence-corrected chi connectivity index (χ3v) is 2.41. The Morgan fingerprint density at radius 3 is 2.42 bits per heavy atom. The molecule has 19 heavy (non-hydrogen) atoms. The molecular formula is C16H15N3. The first kappa shape index (κ1) is 14.3. The smallest absolute Gasteiger partial charge is 0.261 e. The largest absolute Gasteiger partial charge is 0.378 e. The summed E-state index contributed by atoms with van der Waals surface area (Å²) in [6, 6.07) is 9.98. The van der Waals surface area contributed by atoms with E-state index in [2.05, 4.69) is 17.0 Å². The Bertz CT molecular complexity index is 560. The molecule has 1 aromatic carbocycles. The highest BCUT2D eigenvalue weighted by molar-refractivity contribution is 5.56. The Hall–Kier alpha value is -2.78. The van der Waals surface area contributed by atoms with E-state index in [1.54, 1.807) is 18.2 Å². The highest BCUT2D eigenvalue weighted by Crippen LogP contribution is 2.13. The van der Waals surface area contributed by atoms with Gasteiger partial charge in [-0.2, -0.15) is 0 Å². The molecule has 0 fully saturated rings. The minimum Gasteiger partial charge on any atom is -0.378 e. The number of nitriles is 1. The fourth-order valence-electron chi connectivity index (χ4n) is 1.36. The van der Waals surface area contributed by atoms with Crippen LogP contribution in [0.1, 0.15) is 5.56 Å². The van der Waals surface area contributed by atoms with Crippen LogP contribution in [-0.2, 0) is 0 Å². The van der Waals surface area contributed by atoms with Crippen molar-refractivity contribution in [3.05, 3.63) is 71.2 Å². The number of nitrogens with zero attached hydrogens (tertiary/aromatic N) is 3. The molecule has 0 aromatic heterocycles. The summed E-state index contributed by atoms with van der Waals surface area (Å²) in [5.41, 5.74) is 2.34. The Morgan fingerprint density at radius 2 is 1.89 bits per heavy atom. The Kier molecular flexibility index (Phi) is 5.66. The fraction of sp³-hybridized carbons (Fsp3) is 0.125. The molecule has 0 aliphatic carbocycles. The average molecular weight is 249 g/mol. The van der Waals surface area contributed by atoms with Crippen molar-refractivity contribution in [1.29, 1.82) is 5.26 Å². The van der Waals surface area contributed by atoms with Crippen LogP contribution >= 0.6 is 0 Å². The second-order valence-electron chi connectivity index (χ2n) is 4.01. The van der Waals surface area contributed by atoms with Gasteiger partial charge in [0.1, 0.15) is 0 Å². The van der Waals surface area contributed by atoms with E-state index in [4.69, 9.17) is 11.8 Å². The van der Waals surface area contributed by atoms with E-state index in [-0.39, 0.29) is 5.70 Å². The van der Waals surface area contributed by atoms with E-state index in [1.807, 2.05) is 43.3 Å². The molecule has 0 bridgehead atoms. The quantitative estimate of drug-likeness (QED) is 0.463. The zero-order chi connectivity index (χ0) is 14.1. The van der Waals surface area contributed by atoms with Gasteiger partial charge in [0.2, 0.25) is 0 Å². The lowest BCUT2D eigenvalue weighted by atomic mass is 10.2. The van der Waals surface area contributed by atoms with Crippen LogP contribution in [0.3, 0.4) is 0 Å². The van der Waals surface area contributed by atoms with Crippen LogP contribution in [0.25, 0.3) is 10.9 Å². The zero-order valence-corrected chi connectivity index (χ0v) is 11.0. The van der Waals surface area contributed by atoms with Gasteiger partial charge in [0.25, 0.3) is 5.70 Å². The van der Waals surface area contributed by atoms with Crippen LogP contribution in [-0.4, -0.2) is 14.1 Å². The van der Waals surface area contributed by atoms with Crippen LogP contribution in [0.5, 0.6) is 0 Å². The molecule has 0 aliphatic heterocycles. The van der Waals surface area contributed by atoms with Crippen molar-refractivity contribution < 1.29 is 0 Å². The molecule has 0 heterocycles. The maximum Gasteiger partial charge on any atom is 0.261 e. The molecule has 0 aliphatic rings. The molecule has 0 saturated heterocycles. The summed E-state index contributed by atoms with van der Waals surface area (Å²) in [4.78, 5) is 5.11. The summed E-state index contributed by atoms with van der Waals surface area (Å²) in [7, 11) is 4.01. The van der Waals surface area contributed by atoms with Gasteiger partial charge in [-0.1, -0.05) is 36.4 Å². The Balaban J connectivity index is 2.64. The molecule has 0 saturated carbocycles. The van der Waals surface area contributed by atoms with Gasteiger partial charge in [-0.05, 0) is 23.8 Å². The van der Waals surface area contributed by atoms with E-state index in [9.17, 15) is 0 Å². The molecule has 1 rings (SSSR count). The topological polar surface area (TPSA) is 31.4 Å². The average Bonchev–Trinajstić information content (AvgIpc) is 2.43. The molecule has 94 valence electrons. The zero-order valence-electron chi connectivity index (χ0n) is 11.0. The monoisotopic (exact) mass is 249 g/mol. The third kappa shape index (κ3) is 4.93. The van der Waals surface area contributed by atoms with Crippen molar-refractivity contribution in [2.75, 3.05) is 19.0 Å². The number of benzene rings is 1. The molecule has 0 atom stereocenters. The van der Waals surface area contributed by atoms with E-state index in [0.29, 0.717) is 0 Å². The minimum atomic E-state index is 0.0833. The van der Waals surface area contributed by atoms with Crippen molar-refractivity contribution in [3.63, 3.8) is 0 Å². The van der Waals surface area contributed by atoms with Crippen LogP contribution in [0.2, 0.25) is 0 Å². The molecule has 0 amide bonds. The molecule has 3 heteroatoms. The standard InChI is InChI=1S/C16H15N3/c1-18-15(13-17)8-6-4-5-7-14-9-11-16(12-10-14)19(2)3/h4-12H,2-3H3/b6-4+,7-5+,15-8-. The van der Waals surface area contributed by atoms with Gasteiger partial charge in [0.15, 0.2) is 0 Å². The van der Waals surface area contributed by atoms with Gasteiger partial charge >= 0.3 is 0 Å². The molecule has 0 spiro atoms. The van der Waals surface area contributed by atoms with Crippen LogP contribution in [0, 0.1) is 17.9 Å². The molecule has 0 unspecified atom stereocenters. The lowest BCUT2D eigenvalue weighted by Gasteiger charge is -2.11. The first-order chi connectivity index (χ1) is 9.17. The minimum absolute atomic E-state index is 0.0833. The first-order valence-electron chi connectivity index (χ1n) is 5.77. The highest BCUT2D eigenvalue weighted by atomic mass is 15.1. The SMILES string of the molecule is [C-]#[N+]\C(C#N)=C/C=C/C=C/c1ccc(N(C)C)cc1. The fourth-order valence-corrected chi connectivity index (χ4v) is 1.36. The predicted octanol–water partition coefficient (Wildman–Crippen LogP) is 3.65. The maximum absolute atomic E-state index is 8.54. The lowest BCUT2D eigenvalue weighted by Crippen LogP contribution is -2.07. The van der Waals surface area contributed by atoms with E-state index < -0.39 is 0 Å². The van der Waals surface area contributed by atoms with E-state index in [1.165, 1.54) is 6.08 Å². The summed E-state index contributed by atoms with van der Waals surface area (Å²) in [5.74, 6) is 0. The summed E-state index contributed by atoms with van der Waals surface area (Å²) >= 11 is 0. The van der Waals surface area contributed by atoms with Gasteiger partial charge in [0, 0.05) is 19.8 Å². The van der Waals surface area contributed by atoms with Gasteiger partial charge in [-0.25, -0.2) is 10.1 Å². The summed E-state index contributed by atoms with van der Waals surface area (Å²) in [6.07, 6.45) is 8.81. The molecule has 0 N–H and O–H groups in total. The third-order valence-electron chi connectivity index (χ3n) is 2.41. The second kappa shape index (κ2) is 7.53. The van der Waals surface area contributed by atoms with Crippen molar-refractivity contribution in [1.82, 2.24) is 0 Å². The number of hydrogen-bond acceptors (Lipinski definition) is 2. The van der Waals surface area contributed by atoms with Crippen molar-refractivity contribution in [2.45, 2.75) is 0 Å². The van der Waals surface area contributed by atoms with Gasteiger partial charge in [-0.3, -0.25) is 0 Å². The number of rotatable bonds is 4. The van der Waals surface area contributed by atoms with Crippen molar-refractivity contribution in [3.8, 4) is 6.07 Å². The molecule has 3 nitrogen and oxygen atoms in total. The van der Waals surface area contributed by atoms with Gasteiger partial charge < -0.3 is 4.90 Å². The summed E-state index contributed by atoms with van der Waals surface area (Å²) < 4.78 is 0. The van der Waals surface area contributed by atoms with Crippen LogP contribution < -0.4 is 4.90 Å². The molecule has 0 radical (unpaired) electrons. The lowest BCUT2D eigenvalue weighted by molar-refractivity contribution is 1.13. The van der Waals surface area contributed by atoms with Crippen LogP contribution in [0.15, 0.2) is 54.3 Å². The van der Waals surface area contributed by atoms with Gasteiger partial charge in [-0.15, -0.1) is 0 Å². The van der Waals surface area contributed by atoms with Crippen molar-refractivity contribution >= 4 is 11.8 Å². The van der Waals surface area contributed by atoms with Crippen molar-refractivity contribution in [2.24, 2.45) is 0 Å². The summed E-state index contributed by atoms with van der Waals surface area (Å²) in [6.45, 7) is 6.71. The second-order valence-corrected chi connectivity index (χ2v) is 4.01. The number of hydrogen-bond donors (Lipinski definition) is 0. The molecule has 1 aromatic rings. The van der Waals surface area contributed by atoms with E-state index in [0.717, 1.165) is 11.3 Å². The highest BCUT2D eigenvalue weighted by Gasteiger charge is 1.92. The Morgan fingerprint density at radius 1 is 1.21 bits per heavy atom. The number of anilines is 1. The normalized spacial score (nSPS) is 11.5. The Labute approximate surface area is 114 Å². The maximum atomic E-state index is 8.54. The first-order valence-corrected chi connectivity index (χ1v) is 5.77. The summed E-state index contributed by atoms with van der Waals surface area (Å²) in [5, 5.41) is 8.54. The van der Waals surface area contributed by atoms with Crippen LogP contribution in [0.4, 0.5) is 5.69 Å². The number of allylic oxidation sites excluding steroid dienone is 5. The molecular weight excluding hydrogens is 234 g/mol. The predicted molar refractivity (Wildman–Crippen MR) is 79.2 cm³/mol.